The van der Waals surface area contributed by atoms with Gasteiger partial charge in [0.1, 0.15) is 6.04 Å². The van der Waals surface area contributed by atoms with Crippen LogP contribution < -0.4 is 0 Å². The fraction of sp³-hybridized carbons (Fsp3) is 0.923. The van der Waals surface area contributed by atoms with Crippen molar-refractivity contribution in [3.05, 3.63) is 0 Å². The summed E-state index contributed by atoms with van der Waals surface area (Å²) in [7, 11) is 0. The molecule has 0 heterocycles. The first-order chi connectivity index (χ1) is 7.60. The van der Waals surface area contributed by atoms with E-state index >= 15 is 0 Å². The number of nitrogens with zero attached hydrogens (tertiary/aromatic N) is 1. The third-order valence-corrected chi connectivity index (χ3v) is 3.97. The molecule has 94 valence electrons. The standard InChI is InChI=1S/C13H25NO2/c1-4-14(5-2)12(13(15)16)11-8-6-10(3)7-9-11/h10-12H,4-9H2,1-3H3,(H,15,16). The van der Waals surface area contributed by atoms with Gasteiger partial charge in [0.2, 0.25) is 0 Å². The van der Waals surface area contributed by atoms with Gasteiger partial charge in [-0.05, 0) is 37.8 Å². The lowest BCUT2D eigenvalue weighted by Gasteiger charge is -2.36. The van der Waals surface area contributed by atoms with Crippen LogP contribution in [0.4, 0.5) is 0 Å². The third kappa shape index (κ3) is 3.21. The lowest BCUT2D eigenvalue weighted by molar-refractivity contribution is -0.146. The van der Waals surface area contributed by atoms with E-state index in [0.29, 0.717) is 5.92 Å². The van der Waals surface area contributed by atoms with Crippen LogP contribution in [-0.2, 0) is 4.79 Å². The summed E-state index contributed by atoms with van der Waals surface area (Å²) in [6.07, 6.45) is 4.54. The van der Waals surface area contributed by atoms with Crippen molar-refractivity contribution >= 4 is 5.97 Å². The molecule has 1 aliphatic rings. The molecular weight excluding hydrogens is 202 g/mol. The molecule has 0 saturated heterocycles. The highest BCUT2D eigenvalue weighted by Gasteiger charge is 2.34. The van der Waals surface area contributed by atoms with E-state index in [9.17, 15) is 9.90 Å². The fourth-order valence-electron chi connectivity index (χ4n) is 2.87. The molecule has 16 heavy (non-hydrogen) atoms. The minimum atomic E-state index is -0.636. The molecule has 0 aromatic carbocycles. The van der Waals surface area contributed by atoms with Gasteiger partial charge in [0, 0.05) is 0 Å². The van der Waals surface area contributed by atoms with Gasteiger partial charge in [0.15, 0.2) is 0 Å². The average molecular weight is 227 g/mol. The van der Waals surface area contributed by atoms with E-state index in [2.05, 4.69) is 11.8 Å². The van der Waals surface area contributed by atoms with Crippen LogP contribution in [0, 0.1) is 11.8 Å². The van der Waals surface area contributed by atoms with Crippen LogP contribution in [0.15, 0.2) is 0 Å². The van der Waals surface area contributed by atoms with Gasteiger partial charge < -0.3 is 5.11 Å². The molecule has 0 radical (unpaired) electrons. The largest absolute Gasteiger partial charge is 0.480 e. The molecule has 3 heteroatoms. The Morgan fingerprint density at radius 1 is 1.25 bits per heavy atom. The summed E-state index contributed by atoms with van der Waals surface area (Å²) < 4.78 is 0. The van der Waals surface area contributed by atoms with Crippen LogP contribution in [0.1, 0.15) is 46.5 Å². The predicted molar refractivity (Wildman–Crippen MR) is 65.5 cm³/mol. The van der Waals surface area contributed by atoms with Crippen molar-refractivity contribution in [2.24, 2.45) is 11.8 Å². The summed E-state index contributed by atoms with van der Waals surface area (Å²) in [4.78, 5) is 13.5. The zero-order chi connectivity index (χ0) is 12.1. The zero-order valence-corrected chi connectivity index (χ0v) is 10.8. The van der Waals surface area contributed by atoms with Crippen molar-refractivity contribution in [3.8, 4) is 0 Å². The summed E-state index contributed by atoms with van der Waals surface area (Å²) in [5.74, 6) is 0.499. The first-order valence-corrected chi connectivity index (χ1v) is 6.56. The molecule has 1 aliphatic carbocycles. The van der Waals surface area contributed by atoms with E-state index in [1.165, 1.54) is 12.8 Å². The SMILES string of the molecule is CCN(CC)C(C(=O)O)C1CCC(C)CC1. The number of carbonyl (C=O) groups is 1. The first kappa shape index (κ1) is 13.5. The maximum Gasteiger partial charge on any atom is 0.321 e. The Balaban J connectivity index is 2.66. The number of likely N-dealkylation sites (N-methyl/N-ethyl adjacent to an activating group) is 1. The Morgan fingerprint density at radius 2 is 1.75 bits per heavy atom. The number of rotatable bonds is 5. The van der Waals surface area contributed by atoms with Gasteiger partial charge in [-0.1, -0.05) is 33.6 Å². The van der Waals surface area contributed by atoms with E-state index in [1.807, 2.05) is 13.8 Å². The maximum absolute atomic E-state index is 11.4. The molecular formula is C13H25NO2. The molecule has 3 nitrogen and oxygen atoms in total. The van der Waals surface area contributed by atoms with Gasteiger partial charge in [-0.25, -0.2) is 0 Å². The predicted octanol–water partition coefficient (Wildman–Crippen LogP) is 2.61. The van der Waals surface area contributed by atoms with Crippen LogP contribution in [-0.4, -0.2) is 35.1 Å². The number of hydrogen-bond acceptors (Lipinski definition) is 2. The first-order valence-electron chi connectivity index (χ1n) is 6.56. The Morgan fingerprint density at radius 3 is 2.12 bits per heavy atom. The summed E-state index contributed by atoms with van der Waals surface area (Å²) in [6.45, 7) is 8.03. The molecule has 1 fully saturated rings. The molecule has 0 aromatic rings. The third-order valence-electron chi connectivity index (χ3n) is 3.97. The molecule has 1 rings (SSSR count). The Kier molecular flexibility index (Phi) is 5.26. The monoisotopic (exact) mass is 227 g/mol. The van der Waals surface area contributed by atoms with E-state index in [4.69, 9.17) is 0 Å². The topological polar surface area (TPSA) is 40.5 Å². The van der Waals surface area contributed by atoms with Gasteiger partial charge in [-0.15, -0.1) is 0 Å². The van der Waals surface area contributed by atoms with Crippen molar-refractivity contribution in [2.45, 2.75) is 52.5 Å². The highest BCUT2D eigenvalue weighted by molar-refractivity contribution is 5.73. The smallest absolute Gasteiger partial charge is 0.321 e. The van der Waals surface area contributed by atoms with Gasteiger partial charge in [0.25, 0.3) is 0 Å². The number of aliphatic carboxylic acids is 1. The van der Waals surface area contributed by atoms with Crippen LogP contribution in [0.3, 0.4) is 0 Å². The number of carboxylic acids is 1. The number of carboxylic acid groups (broad SMARTS) is 1. The van der Waals surface area contributed by atoms with Crippen molar-refractivity contribution in [3.63, 3.8) is 0 Å². The Labute approximate surface area is 98.8 Å². The van der Waals surface area contributed by atoms with Crippen LogP contribution in [0.2, 0.25) is 0 Å². The van der Waals surface area contributed by atoms with E-state index in [-0.39, 0.29) is 6.04 Å². The molecule has 1 atom stereocenters. The quantitative estimate of drug-likeness (QED) is 0.785. The molecule has 0 aromatic heterocycles. The number of hydrogen-bond donors (Lipinski definition) is 1. The van der Waals surface area contributed by atoms with Gasteiger partial charge >= 0.3 is 5.97 Å². The average Bonchev–Trinajstić information content (AvgIpc) is 2.27. The second kappa shape index (κ2) is 6.24. The molecule has 0 aliphatic heterocycles. The lowest BCUT2D eigenvalue weighted by atomic mass is 9.78. The van der Waals surface area contributed by atoms with Crippen molar-refractivity contribution in [1.82, 2.24) is 4.90 Å². The highest BCUT2D eigenvalue weighted by Crippen LogP contribution is 2.32. The maximum atomic E-state index is 11.4. The second-order valence-corrected chi connectivity index (χ2v) is 5.02. The fourth-order valence-corrected chi connectivity index (χ4v) is 2.87. The minimum Gasteiger partial charge on any atom is -0.480 e. The molecule has 1 N–H and O–H groups in total. The van der Waals surface area contributed by atoms with Crippen LogP contribution >= 0.6 is 0 Å². The second-order valence-electron chi connectivity index (χ2n) is 5.02. The van der Waals surface area contributed by atoms with E-state index < -0.39 is 5.97 Å². The van der Waals surface area contributed by atoms with Gasteiger partial charge in [0.05, 0.1) is 0 Å². The zero-order valence-electron chi connectivity index (χ0n) is 10.8. The van der Waals surface area contributed by atoms with E-state index in [1.54, 1.807) is 0 Å². The Bertz CT molecular complexity index is 218. The molecule has 0 spiro atoms. The van der Waals surface area contributed by atoms with Gasteiger partial charge in [-0.2, -0.15) is 0 Å². The Hall–Kier alpha value is -0.570. The minimum absolute atomic E-state index is 0.262. The summed E-state index contributed by atoms with van der Waals surface area (Å²) in [5, 5.41) is 9.38. The highest BCUT2D eigenvalue weighted by atomic mass is 16.4. The summed E-state index contributed by atoms with van der Waals surface area (Å²) >= 11 is 0. The summed E-state index contributed by atoms with van der Waals surface area (Å²) in [5.41, 5.74) is 0. The van der Waals surface area contributed by atoms with Crippen LogP contribution in [0.5, 0.6) is 0 Å². The molecule has 0 amide bonds. The van der Waals surface area contributed by atoms with Crippen molar-refractivity contribution in [2.75, 3.05) is 13.1 Å². The van der Waals surface area contributed by atoms with Crippen LogP contribution in [0.25, 0.3) is 0 Å². The molecule has 1 unspecified atom stereocenters. The summed E-state index contributed by atoms with van der Waals surface area (Å²) in [6, 6.07) is -0.262. The van der Waals surface area contributed by atoms with Gasteiger partial charge in [-0.3, -0.25) is 9.69 Å². The molecule has 0 bridgehead atoms. The van der Waals surface area contributed by atoms with Crippen molar-refractivity contribution in [1.29, 1.82) is 0 Å². The normalized spacial score (nSPS) is 28.0. The van der Waals surface area contributed by atoms with E-state index in [0.717, 1.165) is 31.8 Å². The molecule has 1 saturated carbocycles. The van der Waals surface area contributed by atoms with Crippen molar-refractivity contribution < 1.29 is 9.90 Å². The lowest BCUT2D eigenvalue weighted by Crippen LogP contribution is -2.47.